The minimum atomic E-state index is -1.23. The van der Waals surface area contributed by atoms with Gasteiger partial charge in [-0.1, -0.05) is 36.4 Å². The molecule has 0 aliphatic carbocycles. The first-order valence-corrected chi connectivity index (χ1v) is 11.7. The third kappa shape index (κ3) is 6.14. The van der Waals surface area contributed by atoms with Gasteiger partial charge in [0.05, 0.1) is 13.1 Å². The molecule has 0 fully saturated rings. The quantitative estimate of drug-likeness (QED) is 0.157. The van der Waals surface area contributed by atoms with E-state index in [0.717, 1.165) is 32.9 Å². The lowest BCUT2D eigenvalue weighted by Gasteiger charge is -2.21. The van der Waals surface area contributed by atoms with Gasteiger partial charge >= 0.3 is 5.97 Å². The third-order valence-corrected chi connectivity index (χ3v) is 6.10. The van der Waals surface area contributed by atoms with Gasteiger partial charge in [-0.05, 0) is 23.3 Å². The summed E-state index contributed by atoms with van der Waals surface area (Å²) in [6, 6.07) is 12.6. The fourth-order valence-electron chi connectivity index (χ4n) is 4.22. The average molecular weight is 505 g/mol. The summed E-state index contributed by atoms with van der Waals surface area (Å²) in [5.74, 6) is -2.98. The molecule has 192 valence electrons. The monoisotopic (exact) mass is 504 g/mol. The molecule has 2 heterocycles. The first-order valence-electron chi connectivity index (χ1n) is 11.7. The van der Waals surface area contributed by atoms with Gasteiger partial charge < -0.3 is 36.8 Å². The molecule has 2 aromatic heterocycles. The second kappa shape index (κ2) is 11.4. The predicted octanol–water partition coefficient (Wildman–Crippen LogP) is 0.564. The Hall–Kier alpha value is -4.64. The molecule has 4 rings (SSSR count). The molecule has 0 radical (unpaired) electrons. The Morgan fingerprint density at radius 2 is 1.32 bits per heavy atom. The molecule has 11 heteroatoms. The van der Waals surface area contributed by atoms with Crippen LogP contribution in [0.3, 0.4) is 0 Å². The lowest BCUT2D eigenvalue weighted by atomic mass is 10.0. The Labute approximate surface area is 211 Å². The zero-order chi connectivity index (χ0) is 26.4. The van der Waals surface area contributed by atoms with Gasteiger partial charge in [0.1, 0.15) is 12.1 Å². The number of carboxylic acid groups (broad SMARTS) is 1. The molecule has 11 nitrogen and oxygen atoms in total. The Balaban J connectivity index is 1.53. The topological polar surface area (TPSA) is 182 Å². The van der Waals surface area contributed by atoms with Crippen molar-refractivity contribution in [1.29, 1.82) is 0 Å². The number of hydrogen-bond acceptors (Lipinski definition) is 5. The van der Waals surface area contributed by atoms with Crippen LogP contribution in [0.15, 0.2) is 60.9 Å². The molecule has 2 aromatic carbocycles. The van der Waals surface area contributed by atoms with Crippen LogP contribution in [-0.4, -0.2) is 63.9 Å². The zero-order valence-electron chi connectivity index (χ0n) is 19.9. The number of rotatable bonds is 11. The third-order valence-electron chi connectivity index (χ3n) is 6.10. The standard InChI is InChI=1S/C26H28N6O5/c27-11-23(33)30-14-24(34)31-21(9-15-12-28-19-7-3-1-5-17(15)19)25(35)32-22(26(36)37)10-16-13-29-20-8-4-2-6-18(16)20/h1-8,12-13,21-22,28-29H,9-11,14,27H2,(H,30,33)(H,31,34)(H,32,35)(H,36,37). The number of benzene rings is 2. The van der Waals surface area contributed by atoms with Crippen LogP contribution in [0, 0.1) is 0 Å². The van der Waals surface area contributed by atoms with Crippen LogP contribution < -0.4 is 21.7 Å². The molecule has 0 aliphatic rings. The number of aromatic amines is 2. The number of nitrogens with one attached hydrogen (secondary N) is 5. The first-order chi connectivity index (χ1) is 17.9. The Kier molecular flexibility index (Phi) is 7.84. The fraction of sp³-hybridized carbons (Fsp3) is 0.231. The molecule has 0 aliphatic heterocycles. The highest BCUT2D eigenvalue weighted by Crippen LogP contribution is 2.21. The molecule has 4 aromatic rings. The molecule has 2 unspecified atom stereocenters. The van der Waals surface area contributed by atoms with E-state index in [1.54, 1.807) is 12.4 Å². The van der Waals surface area contributed by atoms with Gasteiger partial charge in [0.25, 0.3) is 0 Å². The average Bonchev–Trinajstić information content (AvgIpc) is 3.50. The van der Waals surface area contributed by atoms with Crippen molar-refractivity contribution in [3.8, 4) is 0 Å². The Bertz CT molecular complexity index is 1440. The minimum absolute atomic E-state index is 0.0470. The number of nitrogens with two attached hydrogens (primary N) is 1. The summed E-state index contributed by atoms with van der Waals surface area (Å²) in [6.45, 7) is -0.647. The van der Waals surface area contributed by atoms with E-state index in [1.165, 1.54) is 0 Å². The van der Waals surface area contributed by atoms with E-state index >= 15 is 0 Å². The summed E-state index contributed by atoms with van der Waals surface area (Å²) < 4.78 is 0. The van der Waals surface area contributed by atoms with E-state index in [1.807, 2.05) is 48.5 Å². The second-order valence-corrected chi connectivity index (χ2v) is 8.63. The summed E-state index contributed by atoms with van der Waals surface area (Å²) in [5, 5.41) is 19.1. The molecule has 37 heavy (non-hydrogen) atoms. The van der Waals surface area contributed by atoms with Crippen molar-refractivity contribution in [2.45, 2.75) is 24.9 Å². The van der Waals surface area contributed by atoms with Gasteiger partial charge in [-0.25, -0.2) is 4.79 Å². The van der Waals surface area contributed by atoms with Crippen LogP contribution in [0.5, 0.6) is 0 Å². The highest BCUT2D eigenvalue weighted by molar-refractivity contribution is 5.93. The molecule has 0 saturated carbocycles. The zero-order valence-corrected chi connectivity index (χ0v) is 19.9. The van der Waals surface area contributed by atoms with E-state index in [0.29, 0.717) is 0 Å². The molecule has 2 atom stereocenters. The number of carbonyl (C=O) groups excluding carboxylic acids is 3. The minimum Gasteiger partial charge on any atom is -0.480 e. The number of amides is 3. The van der Waals surface area contributed by atoms with Gasteiger partial charge in [0, 0.05) is 47.0 Å². The van der Waals surface area contributed by atoms with E-state index < -0.39 is 35.8 Å². The van der Waals surface area contributed by atoms with E-state index in [-0.39, 0.29) is 25.9 Å². The van der Waals surface area contributed by atoms with E-state index in [9.17, 15) is 24.3 Å². The maximum atomic E-state index is 13.3. The Morgan fingerprint density at radius 3 is 1.86 bits per heavy atom. The lowest BCUT2D eigenvalue weighted by molar-refractivity contribution is -0.142. The fourth-order valence-corrected chi connectivity index (χ4v) is 4.22. The summed E-state index contributed by atoms with van der Waals surface area (Å²) in [5.41, 5.74) is 8.49. The normalized spacial score (nSPS) is 12.7. The highest BCUT2D eigenvalue weighted by atomic mass is 16.4. The first kappa shape index (κ1) is 25.5. The molecular weight excluding hydrogens is 476 g/mol. The number of hydrogen-bond donors (Lipinski definition) is 7. The number of aromatic nitrogens is 2. The predicted molar refractivity (Wildman–Crippen MR) is 138 cm³/mol. The smallest absolute Gasteiger partial charge is 0.326 e. The number of fused-ring (bicyclic) bond motifs is 2. The van der Waals surface area contributed by atoms with Crippen LogP contribution in [0.4, 0.5) is 0 Å². The SMILES string of the molecule is NCC(=O)NCC(=O)NC(Cc1c[nH]c2ccccc12)C(=O)NC(Cc1c[nH]c2ccccc12)C(=O)O. The number of carboxylic acids is 1. The van der Waals surface area contributed by atoms with E-state index in [2.05, 4.69) is 25.9 Å². The summed E-state index contributed by atoms with van der Waals surface area (Å²) in [7, 11) is 0. The van der Waals surface area contributed by atoms with Crippen LogP contribution >= 0.6 is 0 Å². The highest BCUT2D eigenvalue weighted by Gasteiger charge is 2.28. The van der Waals surface area contributed by atoms with E-state index in [4.69, 9.17) is 5.73 Å². The van der Waals surface area contributed by atoms with Crippen molar-refractivity contribution in [2.75, 3.05) is 13.1 Å². The molecule has 0 saturated heterocycles. The van der Waals surface area contributed by atoms with Crippen LogP contribution in [0.2, 0.25) is 0 Å². The number of H-pyrrole nitrogens is 2. The maximum absolute atomic E-state index is 13.3. The van der Waals surface area contributed by atoms with Crippen molar-refractivity contribution in [1.82, 2.24) is 25.9 Å². The van der Waals surface area contributed by atoms with Crippen molar-refractivity contribution < 1.29 is 24.3 Å². The Morgan fingerprint density at radius 1 is 0.784 bits per heavy atom. The summed E-state index contributed by atoms with van der Waals surface area (Å²) >= 11 is 0. The number of aliphatic carboxylic acids is 1. The van der Waals surface area contributed by atoms with Gasteiger partial charge in [0.15, 0.2) is 0 Å². The summed E-state index contributed by atoms with van der Waals surface area (Å²) in [6.07, 6.45) is 3.61. The van der Waals surface area contributed by atoms with Crippen molar-refractivity contribution >= 4 is 45.5 Å². The largest absolute Gasteiger partial charge is 0.480 e. The molecule has 0 spiro atoms. The van der Waals surface area contributed by atoms with Crippen molar-refractivity contribution in [2.24, 2.45) is 5.73 Å². The van der Waals surface area contributed by atoms with Gasteiger partial charge in [-0.15, -0.1) is 0 Å². The number of para-hydroxylation sites is 2. The van der Waals surface area contributed by atoms with Gasteiger partial charge in [-0.2, -0.15) is 0 Å². The van der Waals surface area contributed by atoms with Gasteiger partial charge in [-0.3, -0.25) is 14.4 Å². The maximum Gasteiger partial charge on any atom is 0.326 e. The second-order valence-electron chi connectivity index (χ2n) is 8.63. The number of carbonyl (C=O) groups is 4. The van der Waals surface area contributed by atoms with Crippen molar-refractivity contribution in [3.63, 3.8) is 0 Å². The van der Waals surface area contributed by atoms with Crippen LogP contribution in [0.25, 0.3) is 21.8 Å². The molecule has 0 bridgehead atoms. The van der Waals surface area contributed by atoms with Crippen LogP contribution in [-0.2, 0) is 32.0 Å². The lowest BCUT2D eigenvalue weighted by Crippen LogP contribution is -2.54. The molecule has 3 amide bonds. The van der Waals surface area contributed by atoms with Crippen LogP contribution in [0.1, 0.15) is 11.1 Å². The summed E-state index contributed by atoms with van der Waals surface area (Å²) in [4.78, 5) is 55.6. The van der Waals surface area contributed by atoms with Crippen molar-refractivity contribution in [3.05, 3.63) is 72.1 Å². The molecular formula is C26H28N6O5. The molecule has 8 N–H and O–H groups in total. The van der Waals surface area contributed by atoms with Gasteiger partial charge in [0.2, 0.25) is 17.7 Å².